The van der Waals surface area contributed by atoms with Crippen LogP contribution in [0.2, 0.25) is 0 Å². The van der Waals surface area contributed by atoms with Gasteiger partial charge >= 0.3 is 5.69 Å². The number of aryl methyl sites for hydroxylation is 1. The molecule has 1 N–H and O–H groups in total. The molecule has 78 valence electrons. The fourth-order valence-corrected chi connectivity index (χ4v) is 1.97. The van der Waals surface area contributed by atoms with Gasteiger partial charge in [0.25, 0.3) is 5.56 Å². The Labute approximate surface area is 89.1 Å². The van der Waals surface area contributed by atoms with Gasteiger partial charge in [-0.1, -0.05) is 0 Å². The second-order valence-electron chi connectivity index (χ2n) is 3.09. The van der Waals surface area contributed by atoms with Crippen molar-refractivity contribution in [2.24, 2.45) is 0 Å². The predicted octanol–water partition coefficient (Wildman–Crippen LogP) is 0.350. The Bertz CT molecular complexity index is 553. The Kier molecular flexibility index (Phi) is 2.51. The number of aromatic nitrogens is 3. The van der Waals surface area contributed by atoms with Gasteiger partial charge in [-0.2, -0.15) is 0 Å². The van der Waals surface area contributed by atoms with Crippen molar-refractivity contribution in [3.05, 3.63) is 49.2 Å². The lowest BCUT2D eigenvalue weighted by Crippen LogP contribution is -2.34. The minimum Gasteiger partial charge on any atom is -0.314 e. The zero-order valence-corrected chi connectivity index (χ0v) is 8.87. The molecular formula is C9H9N3O2S. The van der Waals surface area contributed by atoms with Crippen molar-refractivity contribution in [1.29, 1.82) is 0 Å². The molecule has 0 aliphatic rings. The van der Waals surface area contributed by atoms with Crippen LogP contribution in [0.5, 0.6) is 0 Å². The first-order valence-corrected chi connectivity index (χ1v) is 5.24. The number of hydrogen-bond donors (Lipinski definition) is 1. The SMILES string of the molecule is Cc1csc(Cn2c(=O)cc[nH]c2=O)n1. The van der Waals surface area contributed by atoms with Gasteiger partial charge in [0.15, 0.2) is 0 Å². The summed E-state index contributed by atoms with van der Waals surface area (Å²) in [7, 11) is 0. The van der Waals surface area contributed by atoms with Gasteiger partial charge in [-0.05, 0) is 6.92 Å². The van der Waals surface area contributed by atoms with Crippen LogP contribution in [0, 0.1) is 6.92 Å². The Balaban J connectivity index is 2.40. The minimum absolute atomic E-state index is 0.230. The average molecular weight is 223 g/mol. The van der Waals surface area contributed by atoms with Crippen molar-refractivity contribution >= 4 is 11.3 Å². The lowest BCUT2D eigenvalue weighted by Gasteiger charge is -1.99. The van der Waals surface area contributed by atoms with Crippen LogP contribution in [0.1, 0.15) is 10.7 Å². The first-order valence-electron chi connectivity index (χ1n) is 4.36. The summed E-state index contributed by atoms with van der Waals surface area (Å²) in [5.41, 5.74) is 0.178. The lowest BCUT2D eigenvalue weighted by molar-refractivity contribution is 0.694. The van der Waals surface area contributed by atoms with Crippen molar-refractivity contribution < 1.29 is 0 Å². The fourth-order valence-electron chi connectivity index (χ4n) is 1.21. The van der Waals surface area contributed by atoms with Crippen molar-refractivity contribution in [3.8, 4) is 0 Å². The maximum absolute atomic E-state index is 11.4. The molecule has 0 aliphatic heterocycles. The van der Waals surface area contributed by atoms with Crippen molar-refractivity contribution in [1.82, 2.24) is 14.5 Å². The highest BCUT2D eigenvalue weighted by molar-refractivity contribution is 7.09. The van der Waals surface area contributed by atoms with Gasteiger partial charge < -0.3 is 4.98 Å². The summed E-state index contributed by atoms with van der Waals surface area (Å²) in [6, 6.07) is 1.32. The predicted molar refractivity (Wildman–Crippen MR) is 57.3 cm³/mol. The van der Waals surface area contributed by atoms with E-state index in [1.807, 2.05) is 12.3 Å². The molecule has 0 aliphatic carbocycles. The molecule has 0 radical (unpaired) electrons. The summed E-state index contributed by atoms with van der Waals surface area (Å²) in [6.45, 7) is 2.10. The molecule has 2 heterocycles. The monoisotopic (exact) mass is 223 g/mol. The number of hydrogen-bond acceptors (Lipinski definition) is 4. The number of H-pyrrole nitrogens is 1. The van der Waals surface area contributed by atoms with E-state index in [4.69, 9.17) is 0 Å². The van der Waals surface area contributed by atoms with Gasteiger partial charge in [0.2, 0.25) is 0 Å². The molecule has 0 saturated heterocycles. The molecule has 0 atom stereocenters. The smallest absolute Gasteiger partial charge is 0.314 e. The van der Waals surface area contributed by atoms with Crippen LogP contribution >= 0.6 is 11.3 Å². The van der Waals surface area contributed by atoms with E-state index in [0.717, 1.165) is 15.3 Å². The summed E-state index contributed by atoms with van der Waals surface area (Å²) in [4.78, 5) is 29.4. The third kappa shape index (κ3) is 2.04. The van der Waals surface area contributed by atoms with Gasteiger partial charge in [-0.15, -0.1) is 11.3 Å². The fraction of sp³-hybridized carbons (Fsp3) is 0.222. The molecule has 0 amide bonds. The van der Waals surface area contributed by atoms with Gasteiger partial charge in [0, 0.05) is 23.3 Å². The average Bonchev–Trinajstić information content (AvgIpc) is 2.58. The first kappa shape index (κ1) is 9.85. The maximum Gasteiger partial charge on any atom is 0.328 e. The number of rotatable bonds is 2. The Morgan fingerprint density at radius 3 is 2.93 bits per heavy atom. The Morgan fingerprint density at radius 2 is 2.33 bits per heavy atom. The van der Waals surface area contributed by atoms with E-state index in [2.05, 4.69) is 9.97 Å². The second-order valence-corrected chi connectivity index (χ2v) is 4.03. The zero-order chi connectivity index (χ0) is 10.8. The van der Waals surface area contributed by atoms with E-state index in [1.54, 1.807) is 0 Å². The molecule has 2 rings (SSSR count). The second kappa shape index (κ2) is 3.82. The first-order chi connectivity index (χ1) is 7.16. The zero-order valence-electron chi connectivity index (χ0n) is 8.06. The molecule has 2 aromatic rings. The van der Waals surface area contributed by atoms with E-state index in [9.17, 15) is 9.59 Å². The van der Waals surface area contributed by atoms with Crippen LogP contribution in [-0.2, 0) is 6.54 Å². The lowest BCUT2D eigenvalue weighted by atomic mass is 10.5. The van der Waals surface area contributed by atoms with E-state index < -0.39 is 5.69 Å². The molecule has 0 saturated carbocycles. The van der Waals surface area contributed by atoms with Crippen molar-refractivity contribution in [2.45, 2.75) is 13.5 Å². The van der Waals surface area contributed by atoms with E-state index in [-0.39, 0.29) is 12.1 Å². The van der Waals surface area contributed by atoms with Crippen LogP contribution < -0.4 is 11.2 Å². The third-order valence-electron chi connectivity index (χ3n) is 1.90. The minimum atomic E-state index is -0.407. The Morgan fingerprint density at radius 1 is 1.53 bits per heavy atom. The van der Waals surface area contributed by atoms with Crippen LogP contribution in [-0.4, -0.2) is 14.5 Å². The Hall–Kier alpha value is -1.69. The molecule has 2 aromatic heterocycles. The number of nitrogens with zero attached hydrogens (tertiary/aromatic N) is 2. The highest BCUT2D eigenvalue weighted by Gasteiger charge is 2.04. The molecule has 0 fully saturated rings. The maximum atomic E-state index is 11.4. The van der Waals surface area contributed by atoms with Gasteiger partial charge in [-0.3, -0.25) is 9.36 Å². The van der Waals surface area contributed by atoms with Crippen LogP contribution in [0.15, 0.2) is 27.2 Å². The highest BCUT2D eigenvalue weighted by atomic mass is 32.1. The molecule has 0 aromatic carbocycles. The summed E-state index contributed by atoms with van der Waals surface area (Å²) in [5.74, 6) is 0. The highest BCUT2D eigenvalue weighted by Crippen LogP contribution is 2.08. The molecule has 0 spiro atoms. The normalized spacial score (nSPS) is 10.5. The topological polar surface area (TPSA) is 67.8 Å². The molecular weight excluding hydrogens is 214 g/mol. The third-order valence-corrected chi connectivity index (χ3v) is 2.86. The van der Waals surface area contributed by atoms with Crippen LogP contribution in [0.4, 0.5) is 0 Å². The summed E-state index contributed by atoms with van der Waals surface area (Å²) < 4.78 is 1.12. The van der Waals surface area contributed by atoms with Crippen LogP contribution in [0.3, 0.4) is 0 Å². The van der Waals surface area contributed by atoms with E-state index in [0.29, 0.717) is 0 Å². The molecule has 0 bridgehead atoms. The largest absolute Gasteiger partial charge is 0.328 e. The van der Waals surface area contributed by atoms with E-state index in [1.165, 1.54) is 23.6 Å². The molecule has 6 heteroatoms. The van der Waals surface area contributed by atoms with Gasteiger partial charge in [0.05, 0.1) is 6.54 Å². The molecule has 15 heavy (non-hydrogen) atoms. The quantitative estimate of drug-likeness (QED) is 0.798. The summed E-state index contributed by atoms with van der Waals surface area (Å²) in [5, 5.41) is 2.64. The summed E-state index contributed by atoms with van der Waals surface area (Å²) in [6.07, 6.45) is 1.34. The van der Waals surface area contributed by atoms with E-state index >= 15 is 0 Å². The standard InChI is InChI=1S/C9H9N3O2S/c1-6-5-15-7(11-6)4-12-8(13)2-3-10-9(12)14/h2-3,5H,4H2,1H3,(H,10,14). The van der Waals surface area contributed by atoms with Gasteiger partial charge in [-0.25, -0.2) is 9.78 Å². The number of nitrogens with one attached hydrogen (secondary N) is 1. The number of thiazole rings is 1. The summed E-state index contributed by atoms with van der Waals surface area (Å²) >= 11 is 1.44. The van der Waals surface area contributed by atoms with Crippen molar-refractivity contribution in [2.75, 3.05) is 0 Å². The number of aromatic amines is 1. The van der Waals surface area contributed by atoms with Crippen LogP contribution in [0.25, 0.3) is 0 Å². The molecule has 0 unspecified atom stereocenters. The van der Waals surface area contributed by atoms with Gasteiger partial charge in [0.1, 0.15) is 5.01 Å². The van der Waals surface area contributed by atoms with Crippen molar-refractivity contribution in [3.63, 3.8) is 0 Å². The molecule has 5 nitrogen and oxygen atoms in total.